The molecule has 1 aromatic heterocycles. The standard InChI is InChI=1S/C11H14N2O/c1-11(2,3)13-9-5-4-6-12-8(9)7-10(13)14/h4-6H,7H2,1-3H3. The third-order valence-corrected chi connectivity index (χ3v) is 2.35. The van der Waals surface area contributed by atoms with Crippen LogP contribution in [0.2, 0.25) is 0 Å². The van der Waals surface area contributed by atoms with Gasteiger partial charge >= 0.3 is 0 Å². The van der Waals surface area contributed by atoms with Gasteiger partial charge in [-0.25, -0.2) is 0 Å². The highest BCUT2D eigenvalue weighted by atomic mass is 16.2. The summed E-state index contributed by atoms with van der Waals surface area (Å²) in [7, 11) is 0. The van der Waals surface area contributed by atoms with E-state index in [1.54, 1.807) is 6.20 Å². The molecule has 3 nitrogen and oxygen atoms in total. The number of anilines is 1. The van der Waals surface area contributed by atoms with Gasteiger partial charge in [-0.2, -0.15) is 0 Å². The summed E-state index contributed by atoms with van der Waals surface area (Å²) >= 11 is 0. The van der Waals surface area contributed by atoms with Crippen molar-refractivity contribution in [3.8, 4) is 0 Å². The number of hydrogen-bond acceptors (Lipinski definition) is 2. The smallest absolute Gasteiger partial charge is 0.233 e. The first-order valence-electron chi connectivity index (χ1n) is 4.77. The molecule has 1 aliphatic rings. The van der Waals surface area contributed by atoms with Crippen LogP contribution in [0.25, 0.3) is 0 Å². The molecule has 14 heavy (non-hydrogen) atoms. The van der Waals surface area contributed by atoms with E-state index in [0.717, 1.165) is 11.4 Å². The predicted molar refractivity (Wildman–Crippen MR) is 55.2 cm³/mol. The Labute approximate surface area is 83.8 Å². The Morgan fingerprint density at radius 3 is 2.79 bits per heavy atom. The molecule has 0 unspecified atom stereocenters. The Bertz CT molecular complexity index is 379. The Hall–Kier alpha value is -1.38. The third-order valence-electron chi connectivity index (χ3n) is 2.35. The van der Waals surface area contributed by atoms with Crippen LogP contribution in [0.5, 0.6) is 0 Å². The van der Waals surface area contributed by atoms with E-state index in [0.29, 0.717) is 6.42 Å². The fourth-order valence-corrected chi connectivity index (χ4v) is 1.86. The van der Waals surface area contributed by atoms with Crippen LogP contribution in [0, 0.1) is 0 Å². The molecule has 3 heteroatoms. The van der Waals surface area contributed by atoms with E-state index >= 15 is 0 Å². The summed E-state index contributed by atoms with van der Waals surface area (Å²) in [4.78, 5) is 17.8. The Kier molecular flexibility index (Phi) is 1.84. The molecule has 2 rings (SSSR count). The molecule has 0 aromatic carbocycles. The molecule has 0 atom stereocenters. The van der Waals surface area contributed by atoms with Crippen LogP contribution in [0.1, 0.15) is 26.5 Å². The molecular weight excluding hydrogens is 176 g/mol. The number of aromatic nitrogens is 1. The third kappa shape index (κ3) is 1.29. The zero-order chi connectivity index (χ0) is 10.3. The molecule has 1 amide bonds. The second kappa shape index (κ2) is 2.80. The molecule has 0 radical (unpaired) electrons. The zero-order valence-electron chi connectivity index (χ0n) is 8.74. The second-order valence-corrected chi connectivity index (χ2v) is 4.55. The van der Waals surface area contributed by atoms with Gasteiger partial charge in [0.2, 0.25) is 5.91 Å². The van der Waals surface area contributed by atoms with E-state index in [2.05, 4.69) is 4.98 Å². The first kappa shape index (κ1) is 9.19. The summed E-state index contributed by atoms with van der Waals surface area (Å²) in [6.45, 7) is 6.10. The van der Waals surface area contributed by atoms with Gasteiger partial charge in [0.25, 0.3) is 0 Å². The number of pyridine rings is 1. The van der Waals surface area contributed by atoms with Crippen LogP contribution in [-0.2, 0) is 11.2 Å². The Morgan fingerprint density at radius 2 is 2.14 bits per heavy atom. The van der Waals surface area contributed by atoms with Gasteiger partial charge in [-0.05, 0) is 32.9 Å². The minimum absolute atomic E-state index is 0.145. The van der Waals surface area contributed by atoms with E-state index in [9.17, 15) is 4.79 Å². The summed E-state index contributed by atoms with van der Waals surface area (Å²) in [5.74, 6) is 0.145. The number of fused-ring (bicyclic) bond motifs is 1. The molecule has 0 bridgehead atoms. The van der Waals surface area contributed by atoms with Crippen molar-refractivity contribution >= 4 is 11.6 Å². The monoisotopic (exact) mass is 190 g/mol. The van der Waals surface area contributed by atoms with Crippen molar-refractivity contribution in [2.75, 3.05) is 4.90 Å². The first-order chi connectivity index (χ1) is 6.50. The minimum Gasteiger partial charge on any atom is -0.305 e. The van der Waals surface area contributed by atoms with E-state index in [-0.39, 0.29) is 11.4 Å². The average molecular weight is 190 g/mol. The molecule has 2 heterocycles. The van der Waals surface area contributed by atoms with E-state index < -0.39 is 0 Å². The number of amides is 1. The fraction of sp³-hybridized carbons (Fsp3) is 0.455. The van der Waals surface area contributed by atoms with Crippen molar-refractivity contribution in [1.82, 2.24) is 4.98 Å². The number of carbonyl (C=O) groups is 1. The van der Waals surface area contributed by atoms with Gasteiger partial charge in [-0.3, -0.25) is 9.78 Å². The highest BCUT2D eigenvalue weighted by Crippen LogP contribution is 2.32. The van der Waals surface area contributed by atoms with Crippen molar-refractivity contribution in [3.05, 3.63) is 24.0 Å². The van der Waals surface area contributed by atoms with Gasteiger partial charge in [0.05, 0.1) is 17.8 Å². The van der Waals surface area contributed by atoms with Crippen LogP contribution >= 0.6 is 0 Å². The first-order valence-corrected chi connectivity index (χ1v) is 4.77. The summed E-state index contributed by atoms with van der Waals surface area (Å²) in [5, 5.41) is 0. The number of carbonyl (C=O) groups excluding carboxylic acids is 1. The van der Waals surface area contributed by atoms with Crippen molar-refractivity contribution < 1.29 is 4.79 Å². The quantitative estimate of drug-likeness (QED) is 0.624. The number of hydrogen-bond donors (Lipinski definition) is 0. The zero-order valence-corrected chi connectivity index (χ0v) is 8.74. The van der Waals surface area contributed by atoms with Crippen LogP contribution in [0.4, 0.5) is 5.69 Å². The van der Waals surface area contributed by atoms with E-state index in [4.69, 9.17) is 0 Å². The molecule has 1 aromatic rings. The van der Waals surface area contributed by atoms with Gasteiger partial charge in [0.15, 0.2) is 0 Å². The maximum Gasteiger partial charge on any atom is 0.233 e. The predicted octanol–water partition coefficient (Wildman–Crippen LogP) is 1.77. The van der Waals surface area contributed by atoms with E-state index in [1.165, 1.54) is 0 Å². The lowest BCUT2D eigenvalue weighted by molar-refractivity contribution is -0.118. The largest absolute Gasteiger partial charge is 0.305 e. The van der Waals surface area contributed by atoms with Gasteiger partial charge < -0.3 is 4.90 Å². The molecule has 0 spiro atoms. The van der Waals surface area contributed by atoms with Crippen molar-refractivity contribution in [2.45, 2.75) is 32.7 Å². The van der Waals surface area contributed by atoms with Crippen molar-refractivity contribution in [3.63, 3.8) is 0 Å². The molecule has 0 saturated carbocycles. The summed E-state index contributed by atoms with van der Waals surface area (Å²) < 4.78 is 0. The van der Waals surface area contributed by atoms with Crippen LogP contribution in [-0.4, -0.2) is 16.4 Å². The van der Waals surface area contributed by atoms with Crippen LogP contribution < -0.4 is 4.90 Å². The van der Waals surface area contributed by atoms with Crippen molar-refractivity contribution in [2.24, 2.45) is 0 Å². The molecule has 1 aliphatic heterocycles. The molecule has 0 fully saturated rings. The fourth-order valence-electron chi connectivity index (χ4n) is 1.86. The van der Waals surface area contributed by atoms with Crippen molar-refractivity contribution in [1.29, 1.82) is 0 Å². The number of nitrogens with zero attached hydrogens (tertiary/aromatic N) is 2. The minimum atomic E-state index is -0.161. The molecule has 0 N–H and O–H groups in total. The lowest BCUT2D eigenvalue weighted by Crippen LogP contribution is -2.43. The van der Waals surface area contributed by atoms with Crippen LogP contribution in [0.3, 0.4) is 0 Å². The SMILES string of the molecule is CC(C)(C)N1C(=O)Cc2ncccc21. The summed E-state index contributed by atoms with van der Waals surface area (Å²) in [5.41, 5.74) is 1.70. The topological polar surface area (TPSA) is 33.2 Å². The normalized spacial score (nSPS) is 15.9. The molecule has 74 valence electrons. The van der Waals surface area contributed by atoms with Gasteiger partial charge in [-0.15, -0.1) is 0 Å². The summed E-state index contributed by atoms with van der Waals surface area (Å²) in [6, 6.07) is 3.83. The van der Waals surface area contributed by atoms with Gasteiger partial charge in [0, 0.05) is 11.7 Å². The van der Waals surface area contributed by atoms with Gasteiger partial charge in [-0.1, -0.05) is 0 Å². The maximum atomic E-state index is 11.8. The lowest BCUT2D eigenvalue weighted by atomic mass is 10.1. The van der Waals surface area contributed by atoms with E-state index in [1.807, 2.05) is 37.8 Å². The average Bonchev–Trinajstić information content (AvgIpc) is 2.38. The molecular formula is C11H14N2O. The highest BCUT2D eigenvalue weighted by molar-refractivity contribution is 6.01. The summed E-state index contributed by atoms with van der Waals surface area (Å²) in [6.07, 6.45) is 2.17. The highest BCUT2D eigenvalue weighted by Gasteiger charge is 2.35. The lowest BCUT2D eigenvalue weighted by Gasteiger charge is -2.32. The molecule has 0 saturated heterocycles. The number of rotatable bonds is 0. The van der Waals surface area contributed by atoms with Crippen LogP contribution in [0.15, 0.2) is 18.3 Å². The molecule has 0 aliphatic carbocycles. The Balaban J connectivity index is 2.50. The second-order valence-electron chi connectivity index (χ2n) is 4.55. The maximum absolute atomic E-state index is 11.8. The van der Waals surface area contributed by atoms with Gasteiger partial charge in [0.1, 0.15) is 0 Å². The Morgan fingerprint density at radius 1 is 1.43 bits per heavy atom.